The van der Waals surface area contributed by atoms with E-state index in [-0.39, 0.29) is 17.9 Å². The Kier molecular flexibility index (Phi) is 7.46. The van der Waals surface area contributed by atoms with E-state index < -0.39 is 6.04 Å². The lowest BCUT2D eigenvalue weighted by Crippen LogP contribution is -2.44. The number of benzene rings is 3. The summed E-state index contributed by atoms with van der Waals surface area (Å²) in [4.78, 5) is 28.8. The summed E-state index contributed by atoms with van der Waals surface area (Å²) in [6.07, 6.45) is 0. The van der Waals surface area contributed by atoms with Crippen LogP contribution in [-0.2, 0) is 11.3 Å². The monoisotopic (exact) mass is 495 g/mol. The Morgan fingerprint density at radius 1 is 1.18 bits per heavy atom. The first-order chi connectivity index (χ1) is 16.4. The topological polar surface area (TPSA) is 84.7 Å². The second kappa shape index (κ2) is 10.5. The fourth-order valence-corrected chi connectivity index (χ4v) is 4.86. The van der Waals surface area contributed by atoms with Crippen LogP contribution in [0.25, 0.3) is 0 Å². The first-order valence-electron chi connectivity index (χ1n) is 10.9. The van der Waals surface area contributed by atoms with Crippen LogP contribution in [0.2, 0.25) is 5.02 Å². The standard InChI is InChI=1S/C26H26ClN3O3S/c1-16(18-5-10-21(33-2)11-6-18)29-25(31)19-7-12-24-23(13-19)30(26(32)22(28)15-34-24)14-17-3-8-20(27)9-4-17/h3-13,16,22H,14-15,28H2,1-2H3,(H,29,31)/t16-,22-/m0/s1. The number of nitrogens with zero attached hydrogens (tertiary/aromatic N) is 1. The van der Waals surface area contributed by atoms with Gasteiger partial charge in [-0.3, -0.25) is 9.59 Å². The summed E-state index contributed by atoms with van der Waals surface area (Å²) in [7, 11) is 1.62. The first kappa shape index (κ1) is 24.1. The number of anilines is 1. The molecule has 3 N–H and O–H groups in total. The van der Waals surface area contributed by atoms with Crippen molar-refractivity contribution in [3.63, 3.8) is 0 Å². The van der Waals surface area contributed by atoms with E-state index in [4.69, 9.17) is 22.1 Å². The zero-order valence-corrected chi connectivity index (χ0v) is 20.5. The molecule has 176 valence electrons. The largest absolute Gasteiger partial charge is 0.497 e. The molecule has 0 aliphatic carbocycles. The molecule has 0 aromatic heterocycles. The summed E-state index contributed by atoms with van der Waals surface area (Å²) < 4.78 is 5.20. The summed E-state index contributed by atoms with van der Waals surface area (Å²) in [5.41, 5.74) is 9.20. The minimum absolute atomic E-state index is 0.176. The predicted molar refractivity (Wildman–Crippen MR) is 137 cm³/mol. The molecule has 1 aliphatic heterocycles. The molecule has 2 atom stereocenters. The third-order valence-corrected chi connectivity index (χ3v) is 7.16. The molecule has 34 heavy (non-hydrogen) atoms. The summed E-state index contributed by atoms with van der Waals surface area (Å²) in [6, 6.07) is 19.5. The van der Waals surface area contributed by atoms with Crippen LogP contribution in [0.3, 0.4) is 0 Å². The lowest BCUT2D eigenvalue weighted by molar-refractivity contribution is -0.119. The molecule has 0 spiro atoms. The summed E-state index contributed by atoms with van der Waals surface area (Å²) >= 11 is 7.54. The van der Waals surface area contributed by atoms with Gasteiger partial charge in [-0.05, 0) is 60.5 Å². The van der Waals surface area contributed by atoms with E-state index in [0.717, 1.165) is 21.8 Å². The van der Waals surface area contributed by atoms with Crippen molar-refractivity contribution in [2.45, 2.75) is 30.4 Å². The maximum Gasteiger partial charge on any atom is 0.251 e. The lowest BCUT2D eigenvalue weighted by Gasteiger charge is -2.25. The third kappa shape index (κ3) is 5.38. The number of amides is 2. The van der Waals surface area contributed by atoms with E-state index >= 15 is 0 Å². The molecular formula is C26H26ClN3O3S. The molecule has 2 amide bonds. The number of nitrogens with two attached hydrogens (primary N) is 1. The van der Waals surface area contributed by atoms with E-state index in [1.807, 2.05) is 49.4 Å². The quantitative estimate of drug-likeness (QED) is 0.513. The van der Waals surface area contributed by atoms with Gasteiger partial charge in [0.15, 0.2) is 0 Å². The zero-order valence-electron chi connectivity index (χ0n) is 19.0. The van der Waals surface area contributed by atoms with Crippen molar-refractivity contribution in [3.05, 3.63) is 88.4 Å². The summed E-state index contributed by atoms with van der Waals surface area (Å²) in [5, 5.41) is 3.66. The van der Waals surface area contributed by atoms with Crippen molar-refractivity contribution in [2.75, 3.05) is 17.8 Å². The Morgan fingerprint density at radius 3 is 2.56 bits per heavy atom. The van der Waals surface area contributed by atoms with Crippen LogP contribution in [0.15, 0.2) is 71.6 Å². The average molecular weight is 496 g/mol. The number of halogens is 1. The van der Waals surface area contributed by atoms with Crippen molar-refractivity contribution >= 4 is 40.9 Å². The Hall–Kier alpha value is -3.00. The van der Waals surface area contributed by atoms with Gasteiger partial charge in [0.2, 0.25) is 5.91 Å². The molecular weight excluding hydrogens is 470 g/mol. The van der Waals surface area contributed by atoms with Gasteiger partial charge in [-0.1, -0.05) is 35.9 Å². The molecule has 4 rings (SSSR count). The predicted octanol–water partition coefficient (Wildman–Crippen LogP) is 4.81. The molecule has 0 fully saturated rings. The zero-order chi connectivity index (χ0) is 24.2. The molecule has 0 radical (unpaired) electrons. The number of fused-ring (bicyclic) bond motifs is 1. The maximum atomic E-state index is 13.1. The van der Waals surface area contributed by atoms with Crippen LogP contribution in [0.5, 0.6) is 5.75 Å². The molecule has 3 aromatic carbocycles. The highest BCUT2D eigenvalue weighted by atomic mass is 35.5. The molecule has 0 saturated heterocycles. The highest BCUT2D eigenvalue weighted by Gasteiger charge is 2.29. The van der Waals surface area contributed by atoms with E-state index in [1.54, 1.807) is 36.3 Å². The van der Waals surface area contributed by atoms with E-state index in [9.17, 15) is 9.59 Å². The molecule has 3 aromatic rings. The summed E-state index contributed by atoms with van der Waals surface area (Å²) in [6.45, 7) is 2.26. The van der Waals surface area contributed by atoms with Crippen molar-refractivity contribution in [1.82, 2.24) is 5.32 Å². The van der Waals surface area contributed by atoms with Crippen molar-refractivity contribution in [3.8, 4) is 5.75 Å². The number of hydrogen-bond acceptors (Lipinski definition) is 5. The molecule has 0 unspecified atom stereocenters. The smallest absolute Gasteiger partial charge is 0.251 e. The van der Waals surface area contributed by atoms with Crippen LogP contribution >= 0.6 is 23.4 Å². The normalized spacial score (nSPS) is 16.4. The number of rotatable bonds is 6. The number of nitrogens with one attached hydrogen (secondary N) is 1. The van der Waals surface area contributed by atoms with E-state index in [2.05, 4.69) is 5.32 Å². The van der Waals surface area contributed by atoms with Crippen molar-refractivity contribution in [1.29, 1.82) is 0 Å². The van der Waals surface area contributed by atoms with Gasteiger partial charge in [0.25, 0.3) is 5.91 Å². The first-order valence-corrected chi connectivity index (χ1v) is 12.2. The van der Waals surface area contributed by atoms with Gasteiger partial charge in [0.1, 0.15) is 5.75 Å². The SMILES string of the molecule is COc1ccc([C@H](C)NC(=O)c2ccc3c(c2)N(Cc2ccc(Cl)cc2)C(=O)[C@@H](N)CS3)cc1. The molecule has 6 nitrogen and oxygen atoms in total. The van der Waals surface area contributed by atoms with Gasteiger partial charge in [-0.2, -0.15) is 0 Å². The van der Waals surface area contributed by atoms with Gasteiger partial charge >= 0.3 is 0 Å². The number of ether oxygens (including phenoxy) is 1. The minimum Gasteiger partial charge on any atom is -0.497 e. The molecule has 8 heteroatoms. The Balaban J connectivity index is 1.59. The molecule has 0 bridgehead atoms. The van der Waals surface area contributed by atoms with Crippen molar-refractivity contribution in [2.24, 2.45) is 5.73 Å². The van der Waals surface area contributed by atoms with E-state index in [1.165, 1.54) is 11.8 Å². The Labute approximate surface area is 208 Å². The number of carbonyl (C=O) groups is 2. The van der Waals surface area contributed by atoms with Gasteiger partial charge < -0.3 is 20.7 Å². The second-order valence-corrected chi connectivity index (χ2v) is 9.62. The third-order valence-electron chi connectivity index (χ3n) is 5.73. The molecule has 1 aliphatic rings. The van der Waals surface area contributed by atoms with Crippen LogP contribution < -0.4 is 20.7 Å². The van der Waals surface area contributed by atoms with Gasteiger partial charge in [0.05, 0.1) is 31.4 Å². The Morgan fingerprint density at radius 2 is 1.88 bits per heavy atom. The minimum atomic E-state index is -0.628. The fraction of sp³-hybridized carbons (Fsp3) is 0.231. The second-order valence-electron chi connectivity index (χ2n) is 8.12. The number of carbonyl (C=O) groups excluding carboxylic acids is 2. The van der Waals surface area contributed by atoms with E-state index in [0.29, 0.717) is 28.6 Å². The summed E-state index contributed by atoms with van der Waals surface area (Å²) in [5.74, 6) is 0.839. The van der Waals surface area contributed by atoms with Crippen molar-refractivity contribution < 1.29 is 14.3 Å². The van der Waals surface area contributed by atoms with Gasteiger partial charge in [-0.25, -0.2) is 0 Å². The average Bonchev–Trinajstić information content (AvgIpc) is 2.97. The highest BCUT2D eigenvalue weighted by molar-refractivity contribution is 7.99. The van der Waals surface area contributed by atoms with Gasteiger partial charge in [-0.15, -0.1) is 11.8 Å². The fourth-order valence-electron chi connectivity index (χ4n) is 3.75. The number of thioether (sulfide) groups is 1. The van der Waals surface area contributed by atoms with Gasteiger partial charge in [0, 0.05) is 21.2 Å². The molecule has 1 heterocycles. The lowest BCUT2D eigenvalue weighted by atomic mass is 10.1. The van der Waals surface area contributed by atoms with Crippen LogP contribution in [0.4, 0.5) is 5.69 Å². The van der Waals surface area contributed by atoms with Crippen LogP contribution in [-0.4, -0.2) is 30.7 Å². The highest BCUT2D eigenvalue weighted by Crippen LogP contribution is 2.36. The Bertz CT molecular complexity index is 1180. The molecule has 0 saturated carbocycles. The maximum absolute atomic E-state index is 13.1. The van der Waals surface area contributed by atoms with Crippen LogP contribution in [0, 0.1) is 0 Å². The number of methoxy groups -OCH3 is 1. The number of hydrogen-bond donors (Lipinski definition) is 2. The van der Waals surface area contributed by atoms with Crippen LogP contribution in [0.1, 0.15) is 34.5 Å².